The lowest BCUT2D eigenvalue weighted by Crippen LogP contribution is -2.47. The van der Waals surface area contributed by atoms with Crippen LogP contribution in [0.15, 0.2) is 23.2 Å². The summed E-state index contributed by atoms with van der Waals surface area (Å²) in [5.41, 5.74) is 1.20. The van der Waals surface area contributed by atoms with Gasteiger partial charge in [-0.25, -0.2) is 4.99 Å². The number of carbonyl (C=O) groups excluding carboxylic acids is 1. The highest BCUT2D eigenvalue weighted by atomic mass is 127. The fourth-order valence-electron chi connectivity index (χ4n) is 4.79. The minimum Gasteiger partial charge on any atom is -0.493 e. The molecular formula is C24H39IN4O3. The molecule has 0 heterocycles. The topological polar surface area (TPSA) is 75.2 Å². The highest BCUT2D eigenvalue weighted by Gasteiger charge is 2.39. The summed E-state index contributed by atoms with van der Waals surface area (Å²) < 4.78 is 10.8. The summed E-state index contributed by atoms with van der Waals surface area (Å²) in [6, 6.07) is 6.54. The zero-order chi connectivity index (χ0) is 22.4. The van der Waals surface area contributed by atoms with Gasteiger partial charge >= 0.3 is 0 Å². The number of methoxy groups -OCH3 is 2. The Morgan fingerprint density at radius 3 is 2.53 bits per heavy atom. The number of nitrogens with zero attached hydrogens (tertiary/aromatic N) is 2. The molecule has 0 spiro atoms. The van der Waals surface area contributed by atoms with Crippen LogP contribution in [0.25, 0.3) is 0 Å². The number of rotatable bonds is 9. The van der Waals surface area contributed by atoms with Crippen molar-refractivity contribution in [1.29, 1.82) is 0 Å². The summed E-state index contributed by atoms with van der Waals surface area (Å²) in [5, 5.41) is 7.11. The van der Waals surface area contributed by atoms with Crippen LogP contribution in [-0.2, 0) is 11.2 Å². The molecular weight excluding hydrogens is 519 g/mol. The Kier molecular flexibility index (Phi) is 10.4. The van der Waals surface area contributed by atoms with Gasteiger partial charge in [0.15, 0.2) is 17.5 Å². The molecule has 7 nitrogen and oxygen atoms in total. The second-order valence-corrected chi connectivity index (χ2v) is 9.26. The first-order valence-electron chi connectivity index (χ1n) is 11.4. The van der Waals surface area contributed by atoms with E-state index in [1.807, 2.05) is 12.1 Å². The number of ether oxygens (including phenoxy) is 2. The molecule has 1 aromatic carbocycles. The van der Waals surface area contributed by atoms with E-state index in [4.69, 9.17) is 9.47 Å². The van der Waals surface area contributed by atoms with Crippen LogP contribution in [0.5, 0.6) is 11.5 Å². The molecule has 8 heteroatoms. The van der Waals surface area contributed by atoms with Gasteiger partial charge in [-0.05, 0) is 61.1 Å². The molecule has 2 aliphatic rings. The van der Waals surface area contributed by atoms with Crippen molar-refractivity contribution < 1.29 is 14.3 Å². The number of carbonyl (C=O) groups is 1. The number of guanidine groups is 1. The van der Waals surface area contributed by atoms with Crippen LogP contribution in [0.4, 0.5) is 0 Å². The summed E-state index contributed by atoms with van der Waals surface area (Å²) in [6.45, 7) is 3.15. The average Bonchev–Trinajstić information content (AvgIpc) is 3.38. The summed E-state index contributed by atoms with van der Waals surface area (Å²) in [4.78, 5) is 18.2. The zero-order valence-corrected chi connectivity index (χ0v) is 22.3. The van der Waals surface area contributed by atoms with E-state index in [1.165, 1.54) is 31.2 Å². The third-order valence-corrected chi connectivity index (χ3v) is 6.58. The van der Waals surface area contributed by atoms with E-state index < -0.39 is 0 Å². The summed E-state index contributed by atoms with van der Waals surface area (Å²) >= 11 is 0. The van der Waals surface area contributed by atoms with E-state index in [0.29, 0.717) is 12.0 Å². The first-order chi connectivity index (χ1) is 14.9. The lowest BCUT2D eigenvalue weighted by molar-refractivity contribution is -0.127. The molecule has 0 saturated heterocycles. The summed E-state index contributed by atoms with van der Waals surface area (Å²) in [7, 11) is 6.83. The molecule has 2 aliphatic carbocycles. The molecule has 2 saturated carbocycles. The second kappa shape index (κ2) is 12.5. The van der Waals surface area contributed by atoms with E-state index in [2.05, 4.69) is 28.6 Å². The van der Waals surface area contributed by atoms with Crippen LogP contribution in [0, 0.1) is 17.8 Å². The molecule has 3 rings (SSSR count). The van der Waals surface area contributed by atoms with E-state index >= 15 is 0 Å². The highest BCUT2D eigenvalue weighted by Crippen LogP contribution is 2.44. The van der Waals surface area contributed by atoms with Crippen LogP contribution >= 0.6 is 24.0 Å². The van der Waals surface area contributed by atoms with Crippen LogP contribution in [0.2, 0.25) is 0 Å². The minimum atomic E-state index is 0. The van der Waals surface area contributed by atoms with Crippen molar-refractivity contribution in [3.05, 3.63) is 23.8 Å². The van der Waals surface area contributed by atoms with Gasteiger partial charge in [0.25, 0.3) is 0 Å². The number of aliphatic imine (C=N–C) groups is 1. The molecule has 0 aromatic heterocycles. The third-order valence-electron chi connectivity index (χ3n) is 6.58. The highest BCUT2D eigenvalue weighted by molar-refractivity contribution is 14.0. The molecule has 0 aliphatic heterocycles. The lowest BCUT2D eigenvalue weighted by atomic mass is 9.95. The summed E-state index contributed by atoms with van der Waals surface area (Å²) in [6.07, 6.45) is 6.13. The maximum Gasteiger partial charge on any atom is 0.243 e. The second-order valence-electron chi connectivity index (χ2n) is 9.26. The zero-order valence-electron chi connectivity index (χ0n) is 20.0. The van der Waals surface area contributed by atoms with Gasteiger partial charge in [0.05, 0.1) is 14.2 Å². The predicted molar refractivity (Wildman–Crippen MR) is 139 cm³/mol. The Labute approximate surface area is 209 Å². The maximum absolute atomic E-state index is 12.0. The van der Waals surface area contributed by atoms with Crippen molar-refractivity contribution in [3.8, 4) is 11.5 Å². The number of hydrogen-bond acceptors (Lipinski definition) is 4. The number of fused-ring (bicyclic) bond motifs is 2. The van der Waals surface area contributed by atoms with Gasteiger partial charge < -0.3 is 25.0 Å². The van der Waals surface area contributed by atoms with Gasteiger partial charge in [-0.2, -0.15) is 0 Å². The van der Waals surface area contributed by atoms with Crippen LogP contribution in [-0.4, -0.2) is 64.2 Å². The molecule has 2 bridgehead atoms. The van der Waals surface area contributed by atoms with Crippen molar-refractivity contribution in [1.82, 2.24) is 15.5 Å². The molecule has 180 valence electrons. The van der Waals surface area contributed by atoms with Crippen molar-refractivity contribution in [3.63, 3.8) is 0 Å². The standard InChI is InChI=1S/C24H38N4O3.HI/c1-16(10-17-7-9-21(30-4)22(13-17)31-5)14-25-24(26-15-23(29)28(2)3)27-20-12-18-6-8-19(20)11-18;/h7,9,13,16,18-20H,6,8,10-12,14-15H2,1-5H3,(H2,25,26,27);1H. The molecule has 2 fully saturated rings. The number of amides is 1. The minimum absolute atomic E-state index is 0. The molecule has 4 atom stereocenters. The van der Waals surface area contributed by atoms with Crippen molar-refractivity contribution >= 4 is 35.8 Å². The van der Waals surface area contributed by atoms with Gasteiger partial charge in [-0.15, -0.1) is 24.0 Å². The smallest absolute Gasteiger partial charge is 0.243 e. The van der Waals surface area contributed by atoms with E-state index in [-0.39, 0.29) is 36.4 Å². The number of benzene rings is 1. The summed E-state index contributed by atoms with van der Waals surface area (Å²) in [5.74, 6) is 4.24. The van der Waals surface area contributed by atoms with Crippen molar-refractivity contribution in [2.24, 2.45) is 22.7 Å². The van der Waals surface area contributed by atoms with E-state index in [0.717, 1.165) is 42.3 Å². The van der Waals surface area contributed by atoms with Crippen LogP contribution in [0.1, 0.15) is 38.2 Å². The average molecular weight is 559 g/mol. The first-order valence-corrected chi connectivity index (χ1v) is 11.4. The van der Waals surface area contributed by atoms with E-state index in [1.54, 1.807) is 33.2 Å². The Balaban J connectivity index is 0.00000363. The Morgan fingerprint density at radius 1 is 1.19 bits per heavy atom. The Morgan fingerprint density at radius 2 is 1.94 bits per heavy atom. The van der Waals surface area contributed by atoms with Crippen LogP contribution in [0.3, 0.4) is 0 Å². The van der Waals surface area contributed by atoms with Gasteiger partial charge in [0.1, 0.15) is 6.54 Å². The Bertz CT molecular complexity index is 787. The number of nitrogens with one attached hydrogen (secondary N) is 2. The van der Waals surface area contributed by atoms with Crippen LogP contribution < -0.4 is 20.1 Å². The van der Waals surface area contributed by atoms with E-state index in [9.17, 15) is 4.79 Å². The van der Waals surface area contributed by atoms with Crippen molar-refractivity contribution in [2.45, 2.75) is 45.1 Å². The quantitative estimate of drug-likeness (QED) is 0.277. The third kappa shape index (κ3) is 7.15. The maximum atomic E-state index is 12.0. The van der Waals surface area contributed by atoms with Crippen molar-refractivity contribution in [2.75, 3.05) is 41.4 Å². The normalized spacial score (nSPS) is 22.7. The molecule has 0 radical (unpaired) electrons. The number of halogens is 1. The monoisotopic (exact) mass is 558 g/mol. The van der Waals surface area contributed by atoms with Gasteiger partial charge in [-0.3, -0.25) is 4.79 Å². The molecule has 1 amide bonds. The number of likely N-dealkylation sites (N-methyl/N-ethyl adjacent to an activating group) is 1. The van der Waals surface area contributed by atoms with Gasteiger partial charge in [0, 0.05) is 26.7 Å². The molecule has 32 heavy (non-hydrogen) atoms. The predicted octanol–water partition coefficient (Wildman–Crippen LogP) is 3.31. The molecule has 1 aromatic rings. The fourth-order valence-corrected chi connectivity index (χ4v) is 4.79. The lowest BCUT2D eigenvalue weighted by Gasteiger charge is -2.26. The fraction of sp³-hybridized carbons (Fsp3) is 0.667. The van der Waals surface area contributed by atoms with Gasteiger partial charge in [-0.1, -0.05) is 19.4 Å². The SMILES string of the molecule is COc1ccc(CC(C)CNC(=NCC(=O)N(C)C)NC2CC3CCC2C3)cc1OC.I. The molecule has 4 unspecified atom stereocenters. The number of hydrogen-bond donors (Lipinski definition) is 2. The van der Waals surface area contributed by atoms with Gasteiger partial charge in [0.2, 0.25) is 5.91 Å². The largest absolute Gasteiger partial charge is 0.493 e. The molecule has 2 N–H and O–H groups in total. The Hall–Kier alpha value is -1.71. The first kappa shape index (κ1) is 26.5.